The molecular formula is C27H24FN5O3. The summed E-state index contributed by atoms with van der Waals surface area (Å²) in [6, 6.07) is 17.1. The lowest BCUT2D eigenvalue weighted by molar-refractivity contribution is 0.0747. The topological polar surface area (TPSA) is 91.6 Å². The third kappa shape index (κ3) is 4.95. The number of nitrogens with one attached hydrogen (secondary N) is 1. The van der Waals surface area contributed by atoms with Crippen molar-refractivity contribution < 1.29 is 18.4 Å². The van der Waals surface area contributed by atoms with Crippen molar-refractivity contribution in [2.45, 2.75) is 6.54 Å². The molecule has 2 amide bonds. The number of hydrogen-bond acceptors (Lipinski definition) is 6. The highest BCUT2D eigenvalue weighted by atomic mass is 19.1. The Bertz CT molecular complexity index is 1350. The maximum Gasteiger partial charge on any atom is 0.274 e. The van der Waals surface area contributed by atoms with Crippen LogP contribution in [-0.4, -0.2) is 52.9 Å². The van der Waals surface area contributed by atoms with Crippen molar-refractivity contribution in [3.05, 3.63) is 102 Å². The molecule has 0 spiro atoms. The van der Waals surface area contributed by atoms with Gasteiger partial charge in [-0.3, -0.25) is 14.6 Å². The van der Waals surface area contributed by atoms with E-state index in [1.54, 1.807) is 59.8 Å². The van der Waals surface area contributed by atoms with Crippen LogP contribution in [0.2, 0.25) is 0 Å². The molecule has 4 aromatic rings. The Morgan fingerprint density at radius 2 is 1.75 bits per heavy atom. The molecule has 1 saturated heterocycles. The molecule has 3 heterocycles. The third-order valence-electron chi connectivity index (χ3n) is 6.12. The van der Waals surface area contributed by atoms with Gasteiger partial charge in [0.05, 0.1) is 5.56 Å². The van der Waals surface area contributed by atoms with Gasteiger partial charge in [-0.05, 0) is 42.0 Å². The van der Waals surface area contributed by atoms with E-state index < -0.39 is 5.91 Å². The van der Waals surface area contributed by atoms with E-state index in [1.165, 1.54) is 18.5 Å². The number of carbonyl (C=O) groups excluding carboxylic acids is 2. The Morgan fingerprint density at radius 3 is 2.50 bits per heavy atom. The van der Waals surface area contributed by atoms with Crippen LogP contribution in [0.5, 0.6) is 0 Å². The molecule has 1 aliphatic heterocycles. The van der Waals surface area contributed by atoms with Crippen molar-refractivity contribution in [3.8, 4) is 11.3 Å². The number of aromatic nitrogens is 2. The highest BCUT2D eigenvalue weighted by molar-refractivity contribution is 6.04. The molecular weight excluding hydrogens is 461 g/mol. The summed E-state index contributed by atoms with van der Waals surface area (Å²) in [5, 5.41) is 2.82. The van der Waals surface area contributed by atoms with E-state index in [0.29, 0.717) is 37.3 Å². The van der Waals surface area contributed by atoms with Gasteiger partial charge in [0.15, 0.2) is 17.8 Å². The molecule has 2 aromatic carbocycles. The lowest BCUT2D eigenvalue weighted by Gasteiger charge is -2.36. The minimum atomic E-state index is -0.405. The molecule has 36 heavy (non-hydrogen) atoms. The normalized spacial score (nSPS) is 13.5. The number of pyridine rings is 1. The molecule has 0 aliphatic carbocycles. The fourth-order valence-electron chi connectivity index (χ4n) is 4.23. The average Bonchev–Trinajstić information content (AvgIpc) is 3.42. The van der Waals surface area contributed by atoms with Crippen LogP contribution in [-0.2, 0) is 6.54 Å². The first kappa shape index (κ1) is 23.2. The summed E-state index contributed by atoms with van der Waals surface area (Å²) in [5.41, 5.74) is 2.83. The number of amides is 2. The Labute approximate surface area is 207 Å². The molecule has 0 radical (unpaired) electrons. The predicted molar refractivity (Wildman–Crippen MR) is 132 cm³/mol. The second kappa shape index (κ2) is 10.4. The number of halogens is 1. The summed E-state index contributed by atoms with van der Waals surface area (Å²) in [6.07, 6.45) is 4.54. The van der Waals surface area contributed by atoms with Gasteiger partial charge < -0.3 is 19.5 Å². The fraction of sp³-hybridized carbons (Fsp3) is 0.185. The van der Waals surface area contributed by atoms with Gasteiger partial charge in [-0.15, -0.1) is 0 Å². The molecule has 0 atom stereocenters. The van der Waals surface area contributed by atoms with Crippen LogP contribution in [0.1, 0.15) is 26.4 Å². The van der Waals surface area contributed by atoms with Crippen LogP contribution in [0.3, 0.4) is 0 Å². The van der Waals surface area contributed by atoms with Crippen LogP contribution < -0.4 is 10.2 Å². The van der Waals surface area contributed by atoms with Crippen molar-refractivity contribution in [2.24, 2.45) is 0 Å². The van der Waals surface area contributed by atoms with Gasteiger partial charge in [0.1, 0.15) is 5.82 Å². The average molecular weight is 486 g/mol. The van der Waals surface area contributed by atoms with Crippen molar-refractivity contribution in [1.29, 1.82) is 0 Å². The Kier molecular flexibility index (Phi) is 6.70. The third-order valence-corrected chi connectivity index (χ3v) is 6.12. The fourth-order valence-corrected chi connectivity index (χ4v) is 4.23. The molecule has 0 bridgehead atoms. The van der Waals surface area contributed by atoms with E-state index in [2.05, 4.69) is 20.2 Å². The molecule has 2 aromatic heterocycles. The van der Waals surface area contributed by atoms with Crippen LogP contribution in [0.15, 0.2) is 83.9 Å². The molecule has 0 saturated carbocycles. The zero-order valence-corrected chi connectivity index (χ0v) is 19.4. The molecule has 9 heteroatoms. The largest absolute Gasteiger partial charge is 0.443 e. The quantitative estimate of drug-likeness (QED) is 0.447. The number of nitrogens with zero attached hydrogens (tertiary/aromatic N) is 4. The number of benzene rings is 2. The van der Waals surface area contributed by atoms with E-state index in [1.807, 2.05) is 6.07 Å². The van der Waals surface area contributed by atoms with Gasteiger partial charge in [-0.25, -0.2) is 9.37 Å². The zero-order chi connectivity index (χ0) is 24.9. The van der Waals surface area contributed by atoms with Gasteiger partial charge >= 0.3 is 0 Å². The Balaban J connectivity index is 1.30. The SMILES string of the molecule is O=C(NCc1cccnc1)c1ncoc1-c1ccccc1C(=O)N1CCN(c2ccc(F)cc2)CC1. The first-order chi connectivity index (χ1) is 17.6. The summed E-state index contributed by atoms with van der Waals surface area (Å²) in [5.74, 6) is -0.588. The summed E-state index contributed by atoms with van der Waals surface area (Å²) in [6.45, 7) is 2.57. The second-order valence-corrected chi connectivity index (χ2v) is 8.38. The zero-order valence-electron chi connectivity index (χ0n) is 19.4. The van der Waals surface area contributed by atoms with E-state index in [4.69, 9.17) is 4.42 Å². The maximum atomic E-state index is 13.5. The highest BCUT2D eigenvalue weighted by Gasteiger charge is 2.27. The van der Waals surface area contributed by atoms with Gasteiger partial charge in [0, 0.05) is 56.4 Å². The van der Waals surface area contributed by atoms with Crippen molar-refractivity contribution in [2.75, 3.05) is 31.1 Å². The highest BCUT2D eigenvalue weighted by Crippen LogP contribution is 2.28. The monoisotopic (exact) mass is 485 g/mol. The molecule has 8 nitrogen and oxygen atoms in total. The number of anilines is 1. The van der Waals surface area contributed by atoms with Gasteiger partial charge in [0.2, 0.25) is 0 Å². The number of piperazine rings is 1. The Hall–Kier alpha value is -4.53. The summed E-state index contributed by atoms with van der Waals surface area (Å²) >= 11 is 0. The molecule has 0 unspecified atom stereocenters. The van der Waals surface area contributed by atoms with Crippen molar-refractivity contribution >= 4 is 17.5 Å². The predicted octanol–water partition coefficient (Wildman–Crippen LogP) is 3.77. The summed E-state index contributed by atoms with van der Waals surface area (Å²) in [4.78, 5) is 38.4. The lowest BCUT2D eigenvalue weighted by Crippen LogP contribution is -2.48. The number of rotatable bonds is 6. The van der Waals surface area contributed by atoms with E-state index in [9.17, 15) is 14.0 Å². The minimum Gasteiger partial charge on any atom is -0.443 e. The van der Waals surface area contributed by atoms with E-state index >= 15 is 0 Å². The molecule has 1 N–H and O–H groups in total. The van der Waals surface area contributed by atoms with Crippen LogP contribution >= 0.6 is 0 Å². The molecule has 182 valence electrons. The van der Waals surface area contributed by atoms with Gasteiger partial charge in [-0.2, -0.15) is 0 Å². The molecule has 1 fully saturated rings. The maximum absolute atomic E-state index is 13.5. The molecule has 1 aliphatic rings. The smallest absolute Gasteiger partial charge is 0.274 e. The first-order valence-corrected chi connectivity index (χ1v) is 11.6. The van der Waals surface area contributed by atoms with E-state index in [-0.39, 0.29) is 29.7 Å². The van der Waals surface area contributed by atoms with Crippen LogP contribution in [0.25, 0.3) is 11.3 Å². The van der Waals surface area contributed by atoms with Crippen molar-refractivity contribution in [1.82, 2.24) is 20.2 Å². The number of hydrogen-bond donors (Lipinski definition) is 1. The number of carbonyl (C=O) groups is 2. The number of oxazole rings is 1. The lowest BCUT2D eigenvalue weighted by atomic mass is 10.0. The molecule has 5 rings (SSSR count). The van der Waals surface area contributed by atoms with Crippen molar-refractivity contribution in [3.63, 3.8) is 0 Å². The summed E-state index contributed by atoms with van der Waals surface area (Å²) in [7, 11) is 0. The second-order valence-electron chi connectivity index (χ2n) is 8.38. The van der Waals surface area contributed by atoms with Crippen LogP contribution in [0.4, 0.5) is 10.1 Å². The van der Waals surface area contributed by atoms with E-state index in [0.717, 1.165) is 11.3 Å². The standard InChI is InChI=1S/C27H24FN5O3/c28-20-7-9-21(10-8-20)32-12-14-33(15-13-32)27(35)23-6-2-1-5-22(23)25-24(31-18-36-25)26(34)30-17-19-4-3-11-29-16-19/h1-11,16,18H,12-15,17H2,(H,30,34). The van der Waals surface area contributed by atoms with Gasteiger partial charge in [0.25, 0.3) is 11.8 Å². The first-order valence-electron chi connectivity index (χ1n) is 11.6. The Morgan fingerprint density at radius 1 is 0.972 bits per heavy atom. The van der Waals surface area contributed by atoms with Crippen LogP contribution in [0, 0.1) is 5.82 Å². The summed E-state index contributed by atoms with van der Waals surface area (Å²) < 4.78 is 18.8. The van der Waals surface area contributed by atoms with Gasteiger partial charge in [-0.1, -0.05) is 24.3 Å². The minimum absolute atomic E-state index is 0.111.